The first-order valence-corrected chi connectivity index (χ1v) is 5.65. The summed E-state index contributed by atoms with van der Waals surface area (Å²) in [7, 11) is 0. The molecule has 1 atom stereocenters. The summed E-state index contributed by atoms with van der Waals surface area (Å²) < 4.78 is 10.1. The maximum absolute atomic E-state index is 11.1. The molecule has 0 saturated carbocycles. The Morgan fingerprint density at radius 3 is 2.67 bits per heavy atom. The third-order valence-corrected chi connectivity index (χ3v) is 1.88. The number of carbonyl (C=O) groups is 1. The Labute approximate surface area is 92.1 Å². The van der Waals surface area contributed by atoms with Gasteiger partial charge in [-0.05, 0) is 26.2 Å². The quantitative estimate of drug-likeness (QED) is 0.469. The second-order valence-electron chi connectivity index (χ2n) is 3.70. The van der Waals surface area contributed by atoms with E-state index >= 15 is 0 Å². The minimum atomic E-state index is -0.157. The van der Waals surface area contributed by atoms with Gasteiger partial charge in [0.25, 0.3) is 0 Å². The van der Waals surface area contributed by atoms with E-state index in [1.807, 2.05) is 13.8 Å². The van der Waals surface area contributed by atoms with Gasteiger partial charge in [0, 0.05) is 19.1 Å². The van der Waals surface area contributed by atoms with Crippen molar-refractivity contribution in [3.63, 3.8) is 0 Å². The van der Waals surface area contributed by atoms with Crippen molar-refractivity contribution in [3.8, 4) is 0 Å². The lowest BCUT2D eigenvalue weighted by molar-refractivity contribution is -0.145. The molecule has 0 aliphatic carbocycles. The molecule has 0 aromatic carbocycles. The molecular weight excluding hydrogens is 194 g/mol. The smallest absolute Gasteiger partial charge is 0.305 e. The molecule has 1 unspecified atom stereocenters. The first-order chi connectivity index (χ1) is 7.16. The zero-order valence-electron chi connectivity index (χ0n) is 9.83. The molecule has 0 fully saturated rings. The van der Waals surface area contributed by atoms with Gasteiger partial charge in [-0.25, -0.2) is 0 Å². The first-order valence-electron chi connectivity index (χ1n) is 5.65. The van der Waals surface area contributed by atoms with Crippen LogP contribution in [0.15, 0.2) is 0 Å². The van der Waals surface area contributed by atoms with Crippen LogP contribution in [0.5, 0.6) is 0 Å². The average Bonchev–Trinajstić information content (AvgIpc) is 2.17. The normalized spacial score (nSPS) is 12.5. The van der Waals surface area contributed by atoms with Crippen LogP contribution < -0.4 is 5.73 Å². The minimum absolute atomic E-state index is 0.157. The van der Waals surface area contributed by atoms with Crippen LogP contribution in [0.2, 0.25) is 0 Å². The molecule has 15 heavy (non-hydrogen) atoms. The molecule has 0 amide bonds. The number of hydrogen-bond acceptors (Lipinski definition) is 4. The first kappa shape index (κ1) is 14.4. The van der Waals surface area contributed by atoms with Crippen molar-refractivity contribution in [3.05, 3.63) is 0 Å². The summed E-state index contributed by atoms with van der Waals surface area (Å²) in [5, 5.41) is 0. The van der Waals surface area contributed by atoms with Crippen LogP contribution in [0.4, 0.5) is 0 Å². The van der Waals surface area contributed by atoms with Gasteiger partial charge < -0.3 is 15.2 Å². The number of nitrogens with two attached hydrogens (primary N) is 1. The highest BCUT2D eigenvalue weighted by atomic mass is 16.6. The summed E-state index contributed by atoms with van der Waals surface area (Å²) in [5.41, 5.74) is 5.56. The van der Waals surface area contributed by atoms with Crippen LogP contribution in [-0.2, 0) is 14.3 Å². The molecular formula is C11H23NO3. The largest absolute Gasteiger partial charge is 0.463 e. The van der Waals surface area contributed by atoms with Crippen LogP contribution in [0, 0.1) is 0 Å². The number of rotatable bonds is 9. The lowest BCUT2D eigenvalue weighted by Gasteiger charge is -2.06. The molecule has 90 valence electrons. The zero-order valence-corrected chi connectivity index (χ0v) is 9.83. The van der Waals surface area contributed by atoms with Gasteiger partial charge in [0.2, 0.25) is 0 Å². The molecule has 0 aromatic rings. The second kappa shape index (κ2) is 9.93. The van der Waals surface area contributed by atoms with Gasteiger partial charge in [-0.15, -0.1) is 0 Å². The van der Waals surface area contributed by atoms with E-state index in [1.54, 1.807) is 0 Å². The van der Waals surface area contributed by atoms with E-state index in [2.05, 4.69) is 0 Å². The molecule has 2 N–H and O–H groups in total. The number of ether oxygens (including phenoxy) is 2. The Kier molecular flexibility index (Phi) is 9.52. The van der Waals surface area contributed by atoms with Crippen LogP contribution in [-0.4, -0.2) is 31.8 Å². The van der Waals surface area contributed by atoms with Crippen molar-refractivity contribution >= 4 is 5.97 Å². The van der Waals surface area contributed by atoms with Gasteiger partial charge in [0.05, 0.1) is 6.61 Å². The molecule has 4 nitrogen and oxygen atoms in total. The van der Waals surface area contributed by atoms with Gasteiger partial charge in [-0.1, -0.05) is 6.92 Å². The predicted molar refractivity (Wildman–Crippen MR) is 59.6 cm³/mol. The monoisotopic (exact) mass is 217 g/mol. The summed E-state index contributed by atoms with van der Waals surface area (Å²) in [6, 6.07) is 0.158. The molecule has 0 aromatic heterocycles. The molecule has 0 bridgehead atoms. The maximum Gasteiger partial charge on any atom is 0.305 e. The topological polar surface area (TPSA) is 61.5 Å². The SMILES string of the molecule is CCCOCCOC(=O)CCCC(C)N. The Morgan fingerprint density at radius 2 is 2.07 bits per heavy atom. The minimum Gasteiger partial charge on any atom is -0.463 e. The molecule has 0 aliphatic heterocycles. The Bertz CT molecular complexity index is 160. The fraction of sp³-hybridized carbons (Fsp3) is 0.909. The second-order valence-corrected chi connectivity index (χ2v) is 3.70. The molecule has 0 spiro atoms. The van der Waals surface area contributed by atoms with E-state index in [1.165, 1.54) is 0 Å². The van der Waals surface area contributed by atoms with Crippen molar-refractivity contribution in [2.24, 2.45) is 5.73 Å². The number of hydrogen-bond donors (Lipinski definition) is 1. The number of esters is 1. The average molecular weight is 217 g/mol. The summed E-state index contributed by atoms with van der Waals surface area (Å²) >= 11 is 0. The highest BCUT2D eigenvalue weighted by Gasteiger charge is 2.03. The Morgan fingerprint density at radius 1 is 1.33 bits per heavy atom. The Balaban J connectivity index is 3.19. The highest BCUT2D eigenvalue weighted by molar-refractivity contribution is 5.69. The standard InChI is InChI=1S/C11H23NO3/c1-3-7-14-8-9-15-11(13)6-4-5-10(2)12/h10H,3-9,12H2,1-2H3. The van der Waals surface area contributed by atoms with Crippen molar-refractivity contribution in [2.75, 3.05) is 19.8 Å². The molecule has 0 saturated heterocycles. The van der Waals surface area contributed by atoms with Gasteiger partial charge in [0.15, 0.2) is 0 Å². The maximum atomic E-state index is 11.1. The highest BCUT2D eigenvalue weighted by Crippen LogP contribution is 2.00. The summed E-state index contributed by atoms with van der Waals surface area (Å²) in [6.45, 7) is 5.55. The Hall–Kier alpha value is -0.610. The van der Waals surface area contributed by atoms with Crippen molar-refractivity contribution < 1.29 is 14.3 Å². The van der Waals surface area contributed by atoms with E-state index < -0.39 is 0 Å². The zero-order chi connectivity index (χ0) is 11.5. The molecule has 4 heteroatoms. The third kappa shape index (κ3) is 11.3. The van der Waals surface area contributed by atoms with Crippen LogP contribution in [0.25, 0.3) is 0 Å². The fourth-order valence-electron chi connectivity index (χ4n) is 1.10. The van der Waals surface area contributed by atoms with Crippen molar-refractivity contribution in [1.82, 2.24) is 0 Å². The van der Waals surface area contributed by atoms with Crippen LogP contribution in [0.1, 0.15) is 39.5 Å². The molecule has 0 radical (unpaired) electrons. The van der Waals surface area contributed by atoms with Gasteiger partial charge in [-0.3, -0.25) is 4.79 Å². The lowest BCUT2D eigenvalue weighted by Crippen LogP contribution is -2.16. The summed E-state index contributed by atoms with van der Waals surface area (Å²) in [4.78, 5) is 11.1. The third-order valence-electron chi connectivity index (χ3n) is 1.88. The van der Waals surface area contributed by atoms with E-state index in [9.17, 15) is 4.79 Å². The molecule has 0 rings (SSSR count). The van der Waals surface area contributed by atoms with E-state index in [0.29, 0.717) is 19.6 Å². The summed E-state index contributed by atoms with van der Waals surface area (Å²) in [5.74, 6) is -0.157. The predicted octanol–water partition coefficient (Wildman–Crippen LogP) is 1.47. The van der Waals surface area contributed by atoms with Crippen molar-refractivity contribution in [2.45, 2.75) is 45.6 Å². The van der Waals surface area contributed by atoms with Crippen LogP contribution in [0.3, 0.4) is 0 Å². The molecule has 0 heterocycles. The molecule has 0 aliphatic rings. The summed E-state index contributed by atoms with van der Waals surface area (Å²) in [6.07, 6.45) is 3.10. The van der Waals surface area contributed by atoms with E-state index in [0.717, 1.165) is 25.9 Å². The van der Waals surface area contributed by atoms with Gasteiger partial charge in [-0.2, -0.15) is 0 Å². The number of carbonyl (C=O) groups excluding carboxylic acids is 1. The van der Waals surface area contributed by atoms with Gasteiger partial charge in [0.1, 0.15) is 6.61 Å². The fourth-order valence-corrected chi connectivity index (χ4v) is 1.10. The van der Waals surface area contributed by atoms with E-state index in [-0.39, 0.29) is 12.0 Å². The van der Waals surface area contributed by atoms with Gasteiger partial charge >= 0.3 is 5.97 Å². The van der Waals surface area contributed by atoms with Crippen LogP contribution >= 0.6 is 0 Å². The van der Waals surface area contributed by atoms with E-state index in [4.69, 9.17) is 15.2 Å². The lowest BCUT2D eigenvalue weighted by atomic mass is 10.1. The van der Waals surface area contributed by atoms with Crippen molar-refractivity contribution in [1.29, 1.82) is 0 Å².